The molecule has 0 aliphatic carbocycles. The molecule has 0 radical (unpaired) electrons. The molecule has 0 unspecified atom stereocenters. The Morgan fingerprint density at radius 3 is 2.07 bits per heavy atom. The molecule has 0 aliphatic heterocycles. The lowest BCUT2D eigenvalue weighted by atomic mass is 10.2. The Kier molecular flexibility index (Phi) is 8.82. The lowest BCUT2D eigenvalue weighted by Gasteiger charge is -2.17. The van der Waals surface area contributed by atoms with Gasteiger partial charge in [0.05, 0.1) is 13.2 Å². The highest BCUT2D eigenvalue weighted by Crippen LogP contribution is 2.26. The maximum atomic E-state index is 12.2. The van der Waals surface area contributed by atoms with E-state index in [0.29, 0.717) is 31.3 Å². The van der Waals surface area contributed by atoms with Crippen molar-refractivity contribution in [2.75, 3.05) is 33.5 Å². The monoisotopic (exact) mass is 401 g/mol. The number of para-hydroxylation sites is 2. The number of ether oxygens (including phenoxy) is 4. The van der Waals surface area contributed by atoms with Gasteiger partial charge in [-0.3, -0.25) is 4.79 Å². The van der Waals surface area contributed by atoms with Crippen LogP contribution in [-0.2, 0) is 20.9 Å². The molecule has 0 aliphatic rings. The first kappa shape index (κ1) is 22.1. The Bertz CT molecular complexity index is 790. The number of amides is 1. The Morgan fingerprint density at radius 1 is 0.828 bits per heavy atom. The van der Waals surface area contributed by atoms with E-state index in [-0.39, 0.29) is 19.1 Å². The van der Waals surface area contributed by atoms with Gasteiger partial charge in [-0.15, -0.1) is 0 Å². The van der Waals surface area contributed by atoms with Crippen molar-refractivity contribution in [2.24, 2.45) is 0 Å². The number of likely N-dealkylation sites (N-methyl/N-ethyl adjacent to an activating group) is 1. The molecule has 0 spiro atoms. The van der Waals surface area contributed by atoms with Crippen molar-refractivity contribution in [1.82, 2.24) is 4.90 Å². The van der Waals surface area contributed by atoms with Gasteiger partial charge in [-0.25, -0.2) is 4.79 Å². The molecular formula is C22H27NO6. The van der Waals surface area contributed by atoms with E-state index in [1.54, 1.807) is 25.2 Å². The lowest BCUT2D eigenvalue weighted by Crippen LogP contribution is -2.31. The van der Waals surface area contributed by atoms with Gasteiger partial charge in [-0.1, -0.05) is 24.3 Å². The molecule has 2 aromatic rings. The van der Waals surface area contributed by atoms with E-state index in [1.807, 2.05) is 44.2 Å². The second-order valence-electron chi connectivity index (χ2n) is 6.16. The number of carbonyl (C=O) groups excluding carboxylic acids is 2. The standard InChI is InChI=1S/C22H27NO6/c1-4-26-18-12-10-17(11-13-18)14-23(3)21(24)15-29-22(25)16-28-20-9-7-6-8-19(20)27-5-2/h6-13H,4-5,14-16H2,1-3H3. The van der Waals surface area contributed by atoms with E-state index < -0.39 is 5.97 Å². The first-order chi connectivity index (χ1) is 14.0. The highest BCUT2D eigenvalue weighted by molar-refractivity contribution is 5.80. The Labute approximate surface area is 171 Å². The summed E-state index contributed by atoms with van der Waals surface area (Å²) >= 11 is 0. The molecule has 0 saturated heterocycles. The predicted octanol–water partition coefficient (Wildman–Crippen LogP) is 3.06. The van der Waals surface area contributed by atoms with E-state index in [2.05, 4.69) is 0 Å². The summed E-state index contributed by atoms with van der Waals surface area (Å²) in [6.45, 7) is 4.62. The van der Waals surface area contributed by atoms with Crippen LogP contribution in [0.15, 0.2) is 48.5 Å². The van der Waals surface area contributed by atoms with Crippen molar-refractivity contribution in [3.63, 3.8) is 0 Å². The van der Waals surface area contributed by atoms with Crippen molar-refractivity contribution in [3.05, 3.63) is 54.1 Å². The smallest absolute Gasteiger partial charge is 0.344 e. The quantitative estimate of drug-likeness (QED) is 0.539. The highest BCUT2D eigenvalue weighted by atomic mass is 16.6. The molecule has 7 nitrogen and oxygen atoms in total. The number of nitrogens with zero attached hydrogens (tertiary/aromatic N) is 1. The van der Waals surface area contributed by atoms with Crippen LogP contribution in [0.3, 0.4) is 0 Å². The summed E-state index contributed by atoms with van der Waals surface area (Å²) in [6, 6.07) is 14.5. The van der Waals surface area contributed by atoms with Gasteiger partial charge in [-0.05, 0) is 43.7 Å². The molecule has 7 heteroatoms. The second-order valence-corrected chi connectivity index (χ2v) is 6.16. The average molecular weight is 401 g/mol. The van der Waals surface area contributed by atoms with E-state index in [1.165, 1.54) is 4.90 Å². The second kappa shape index (κ2) is 11.6. The lowest BCUT2D eigenvalue weighted by molar-refractivity contribution is -0.153. The Balaban J connectivity index is 1.75. The fraction of sp³-hybridized carbons (Fsp3) is 0.364. The molecule has 1 amide bonds. The highest BCUT2D eigenvalue weighted by Gasteiger charge is 2.14. The molecule has 156 valence electrons. The average Bonchev–Trinajstić information content (AvgIpc) is 2.73. The zero-order valence-electron chi connectivity index (χ0n) is 17.1. The van der Waals surface area contributed by atoms with E-state index >= 15 is 0 Å². The van der Waals surface area contributed by atoms with Crippen LogP contribution in [0.1, 0.15) is 19.4 Å². The Morgan fingerprint density at radius 2 is 1.45 bits per heavy atom. The number of hydrogen-bond donors (Lipinski definition) is 0. The minimum Gasteiger partial charge on any atom is -0.494 e. The molecule has 0 bridgehead atoms. The fourth-order valence-corrected chi connectivity index (χ4v) is 2.49. The number of benzene rings is 2. The van der Waals surface area contributed by atoms with Crippen LogP contribution in [0.25, 0.3) is 0 Å². The molecule has 0 saturated carbocycles. The summed E-state index contributed by atoms with van der Waals surface area (Å²) in [5.41, 5.74) is 0.950. The van der Waals surface area contributed by atoms with Gasteiger partial charge in [0, 0.05) is 13.6 Å². The van der Waals surface area contributed by atoms with Crippen LogP contribution in [0.5, 0.6) is 17.2 Å². The molecule has 0 aromatic heterocycles. The summed E-state index contributed by atoms with van der Waals surface area (Å²) in [4.78, 5) is 25.6. The van der Waals surface area contributed by atoms with Crippen molar-refractivity contribution < 1.29 is 28.5 Å². The van der Waals surface area contributed by atoms with Crippen molar-refractivity contribution in [2.45, 2.75) is 20.4 Å². The van der Waals surface area contributed by atoms with Crippen molar-refractivity contribution in [1.29, 1.82) is 0 Å². The van der Waals surface area contributed by atoms with Crippen LogP contribution in [0, 0.1) is 0 Å². The van der Waals surface area contributed by atoms with E-state index in [4.69, 9.17) is 18.9 Å². The molecular weight excluding hydrogens is 374 g/mol. The van der Waals surface area contributed by atoms with Gasteiger partial charge >= 0.3 is 5.97 Å². The van der Waals surface area contributed by atoms with Gasteiger partial charge in [0.1, 0.15) is 5.75 Å². The molecule has 2 aromatic carbocycles. The maximum Gasteiger partial charge on any atom is 0.344 e. The number of rotatable bonds is 11. The van der Waals surface area contributed by atoms with Gasteiger partial charge in [-0.2, -0.15) is 0 Å². The molecule has 29 heavy (non-hydrogen) atoms. The molecule has 0 fully saturated rings. The van der Waals surface area contributed by atoms with Crippen LogP contribution in [0.4, 0.5) is 0 Å². The molecule has 2 rings (SSSR count). The fourth-order valence-electron chi connectivity index (χ4n) is 2.49. The minimum absolute atomic E-state index is 0.304. The normalized spacial score (nSPS) is 10.2. The zero-order chi connectivity index (χ0) is 21.1. The third-order valence-corrected chi connectivity index (χ3v) is 3.93. The zero-order valence-corrected chi connectivity index (χ0v) is 17.1. The SMILES string of the molecule is CCOc1ccc(CN(C)C(=O)COC(=O)COc2ccccc2OCC)cc1. The molecule has 0 atom stereocenters. The summed E-state index contributed by atoms with van der Waals surface area (Å²) in [5, 5.41) is 0. The van der Waals surface area contributed by atoms with Crippen LogP contribution >= 0.6 is 0 Å². The van der Waals surface area contributed by atoms with Gasteiger partial charge < -0.3 is 23.8 Å². The third-order valence-electron chi connectivity index (χ3n) is 3.93. The van der Waals surface area contributed by atoms with Gasteiger partial charge in [0.2, 0.25) is 0 Å². The topological polar surface area (TPSA) is 74.3 Å². The molecule has 0 heterocycles. The number of carbonyl (C=O) groups is 2. The minimum atomic E-state index is -0.626. The first-order valence-electron chi connectivity index (χ1n) is 9.49. The third kappa shape index (κ3) is 7.37. The summed E-state index contributed by atoms with van der Waals surface area (Å²) < 4.78 is 21.3. The van der Waals surface area contributed by atoms with Crippen LogP contribution in [-0.4, -0.2) is 50.3 Å². The van der Waals surface area contributed by atoms with Crippen molar-refractivity contribution >= 4 is 11.9 Å². The van der Waals surface area contributed by atoms with E-state index in [0.717, 1.165) is 11.3 Å². The van der Waals surface area contributed by atoms with E-state index in [9.17, 15) is 9.59 Å². The molecule has 0 N–H and O–H groups in total. The van der Waals surface area contributed by atoms with Crippen LogP contribution < -0.4 is 14.2 Å². The van der Waals surface area contributed by atoms with Crippen LogP contribution in [0.2, 0.25) is 0 Å². The summed E-state index contributed by atoms with van der Waals surface area (Å²) in [6.07, 6.45) is 0. The van der Waals surface area contributed by atoms with Crippen molar-refractivity contribution in [3.8, 4) is 17.2 Å². The number of hydrogen-bond acceptors (Lipinski definition) is 6. The summed E-state index contributed by atoms with van der Waals surface area (Å²) in [7, 11) is 1.65. The largest absolute Gasteiger partial charge is 0.494 e. The maximum absolute atomic E-state index is 12.2. The number of esters is 1. The Hall–Kier alpha value is -3.22. The van der Waals surface area contributed by atoms with Gasteiger partial charge in [0.15, 0.2) is 24.7 Å². The summed E-state index contributed by atoms with van der Waals surface area (Å²) in [5.74, 6) is 0.852. The first-order valence-corrected chi connectivity index (χ1v) is 9.49. The predicted molar refractivity (Wildman–Crippen MR) is 108 cm³/mol. The van der Waals surface area contributed by atoms with Gasteiger partial charge in [0.25, 0.3) is 5.91 Å².